The molecule has 0 saturated carbocycles. The molecule has 1 aromatic carbocycles. The van der Waals surface area contributed by atoms with Gasteiger partial charge in [0.15, 0.2) is 5.13 Å². The van der Waals surface area contributed by atoms with Gasteiger partial charge in [-0.1, -0.05) is 39.4 Å². The van der Waals surface area contributed by atoms with Crippen LogP contribution in [-0.4, -0.2) is 10.9 Å². The van der Waals surface area contributed by atoms with Crippen molar-refractivity contribution in [3.05, 3.63) is 44.9 Å². The lowest BCUT2D eigenvalue weighted by Gasteiger charge is -2.13. The van der Waals surface area contributed by atoms with Crippen LogP contribution in [0.5, 0.6) is 0 Å². The van der Waals surface area contributed by atoms with Crippen molar-refractivity contribution < 1.29 is 4.79 Å². The van der Waals surface area contributed by atoms with E-state index in [0.717, 1.165) is 10.0 Å². The van der Waals surface area contributed by atoms with Gasteiger partial charge >= 0.3 is 0 Å². The molecule has 0 aliphatic heterocycles. The molecule has 0 aliphatic rings. The number of thiazole rings is 1. The minimum absolute atomic E-state index is 0.0664. The van der Waals surface area contributed by atoms with Crippen molar-refractivity contribution in [3.63, 3.8) is 0 Å². The molecule has 4 nitrogen and oxygen atoms in total. The maximum absolute atomic E-state index is 12.1. The summed E-state index contributed by atoms with van der Waals surface area (Å²) in [5.41, 5.74) is 7.32. The van der Waals surface area contributed by atoms with Crippen molar-refractivity contribution in [2.75, 3.05) is 5.73 Å². The Morgan fingerprint density at radius 1 is 1.42 bits per heavy atom. The van der Waals surface area contributed by atoms with Crippen LogP contribution in [0.3, 0.4) is 0 Å². The largest absolute Gasteiger partial charge is 0.375 e. The number of benzene rings is 1. The molecule has 0 unspecified atom stereocenters. The third-order valence-electron chi connectivity index (χ3n) is 2.74. The summed E-state index contributed by atoms with van der Waals surface area (Å²) >= 11 is 4.60. The predicted molar refractivity (Wildman–Crippen MR) is 81.3 cm³/mol. The van der Waals surface area contributed by atoms with Gasteiger partial charge in [-0.15, -0.1) is 0 Å². The molecule has 0 radical (unpaired) electrons. The second-order valence-corrected chi connectivity index (χ2v) is 6.16. The van der Waals surface area contributed by atoms with Crippen LogP contribution in [-0.2, 0) is 0 Å². The lowest BCUT2D eigenvalue weighted by Crippen LogP contribution is -2.26. The Bertz CT molecular complexity index is 594. The van der Waals surface area contributed by atoms with Gasteiger partial charge in [-0.3, -0.25) is 4.79 Å². The molecular weight excluding hydrogens is 326 g/mol. The summed E-state index contributed by atoms with van der Waals surface area (Å²) in [6.45, 7) is 3.73. The predicted octanol–water partition coefficient (Wildman–Crippen LogP) is 3.29. The smallest absolute Gasteiger partial charge is 0.263 e. The average molecular weight is 340 g/mol. The highest BCUT2D eigenvalue weighted by atomic mass is 79.9. The molecule has 100 valence electrons. The molecule has 2 rings (SSSR count). The van der Waals surface area contributed by atoms with Gasteiger partial charge in [0, 0.05) is 4.47 Å². The average Bonchev–Trinajstić information content (AvgIpc) is 2.69. The molecule has 1 atom stereocenters. The van der Waals surface area contributed by atoms with E-state index < -0.39 is 0 Å². The third-order valence-corrected chi connectivity index (χ3v) is 4.25. The molecule has 0 bridgehead atoms. The van der Waals surface area contributed by atoms with E-state index in [1.165, 1.54) is 11.3 Å². The molecule has 0 aliphatic carbocycles. The van der Waals surface area contributed by atoms with Crippen LogP contribution in [0.15, 0.2) is 28.7 Å². The Hall–Kier alpha value is -1.40. The summed E-state index contributed by atoms with van der Waals surface area (Å²) in [5.74, 6) is -0.137. The van der Waals surface area contributed by atoms with E-state index in [2.05, 4.69) is 26.2 Å². The second-order valence-electron chi connectivity index (χ2n) is 4.21. The molecule has 1 heterocycles. The first-order valence-electron chi connectivity index (χ1n) is 5.76. The maximum atomic E-state index is 12.1. The van der Waals surface area contributed by atoms with Crippen LogP contribution in [0, 0.1) is 6.92 Å². The first-order chi connectivity index (χ1) is 8.97. The number of hydrogen-bond acceptors (Lipinski definition) is 4. The summed E-state index contributed by atoms with van der Waals surface area (Å²) in [6, 6.07) is 7.79. The number of aromatic nitrogens is 1. The van der Waals surface area contributed by atoms with E-state index in [1.54, 1.807) is 6.92 Å². The molecular formula is C13H14BrN3OS. The Balaban J connectivity index is 2.10. The normalized spacial score (nSPS) is 12.2. The highest BCUT2D eigenvalue weighted by molar-refractivity contribution is 9.10. The fourth-order valence-electron chi connectivity index (χ4n) is 1.72. The summed E-state index contributed by atoms with van der Waals surface area (Å²) in [4.78, 5) is 16.7. The molecule has 1 aromatic heterocycles. The fourth-order valence-corrected chi connectivity index (χ4v) is 2.73. The SMILES string of the molecule is Cc1nc(N)sc1C(=O)N[C@H](C)c1ccc(Br)cc1. The van der Waals surface area contributed by atoms with Gasteiger partial charge in [0.05, 0.1) is 11.7 Å². The highest BCUT2D eigenvalue weighted by Gasteiger charge is 2.16. The number of carbonyl (C=O) groups is 1. The van der Waals surface area contributed by atoms with E-state index >= 15 is 0 Å². The van der Waals surface area contributed by atoms with Gasteiger partial charge in [-0.25, -0.2) is 4.98 Å². The van der Waals surface area contributed by atoms with Gasteiger partial charge < -0.3 is 11.1 Å². The molecule has 1 amide bonds. The lowest BCUT2D eigenvalue weighted by molar-refractivity contribution is 0.0943. The van der Waals surface area contributed by atoms with Crippen LogP contribution in [0.2, 0.25) is 0 Å². The molecule has 6 heteroatoms. The van der Waals surface area contributed by atoms with Gasteiger partial charge in [0.25, 0.3) is 5.91 Å². The Morgan fingerprint density at radius 2 is 2.05 bits per heavy atom. The van der Waals surface area contributed by atoms with Crippen molar-refractivity contribution in [1.29, 1.82) is 0 Å². The number of nitrogen functional groups attached to an aromatic ring is 1. The number of rotatable bonds is 3. The zero-order valence-electron chi connectivity index (χ0n) is 10.6. The molecule has 0 saturated heterocycles. The van der Waals surface area contributed by atoms with Crippen LogP contribution < -0.4 is 11.1 Å². The monoisotopic (exact) mass is 339 g/mol. The van der Waals surface area contributed by atoms with Gasteiger partial charge in [0.1, 0.15) is 4.88 Å². The van der Waals surface area contributed by atoms with Crippen LogP contribution in [0.1, 0.15) is 33.9 Å². The zero-order chi connectivity index (χ0) is 14.0. The second kappa shape index (κ2) is 5.71. The summed E-state index contributed by atoms with van der Waals surface area (Å²) in [7, 11) is 0. The number of nitrogens with one attached hydrogen (secondary N) is 1. The quantitative estimate of drug-likeness (QED) is 0.901. The van der Waals surface area contributed by atoms with E-state index in [-0.39, 0.29) is 11.9 Å². The molecule has 2 aromatic rings. The van der Waals surface area contributed by atoms with Crippen LogP contribution >= 0.6 is 27.3 Å². The van der Waals surface area contributed by atoms with E-state index in [4.69, 9.17) is 5.73 Å². The zero-order valence-corrected chi connectivity index (χ0v) is 13.0. The maximum Gasteiger partial charge on any atom is 0.263 e. The number of nitrogens with two attached hydrogens (primary N) is 1. The number of amides is 1. The molecule has 0 fully saturated rings. The lowest BCUT2D eigenvalue weighted by atomic mass is 10.1. The molecule has 0 spiro atoms. The van der Waals surface area contributed by atoms with Crippen molar-refractivity contribution in [2.24, 2.45) is 0 Å². The number of aryl methyl sites for hydroxylation is 1. The van der Waals surface area contributed by atoms with Gasteiger partial charge in [-0.05, 0) is 31.5 Å². The van der Waals surface area contributed by atoms with E-state index in [9.17, 15) is 4.79 Å². The highest BCUT2D eigenvalue weighted by Crippen LogP contribution is 2.21. The third kappa shape index (κ3) is 3.33. The first-order valence-corrected chi connectivity index (χ1v) is 7.37. The molecule has 3 N–H and O–H groups in total. The summed E-state index contributed by atoms with van der Waals surface area (Å²) < 4.78 is 1.01. The standard InChI is InChI=1S/C13H14BrN3OS/c1-7(9-3-5-10(14)6-4-9)16-12(18)11-8(2)17-13(15)19-11/h3-7H,1-2H3,(H2,15,17)(H,16,18)/t7-/m1/s1. The summed E-state index contributed by atoms with van der Waals surface area (Å²) in [5, 5.41) is 3.36. The fraction of sp³-hybridized carbons (Fsp3) is 0.231. The number of carbonyl (C=O) groups excluding carboxylic acids is 1. The van der Waals surface area contributed by atoms with Crippen molar-refractivity contribution in [2.45, 2.75) is 19.9 Å². The van der Waals surface area contributed by atoms with Crippen LogP contribution in [0.4, 0.5) is 5.13 Å². The van der Waals surface area contributed by atoms with E-state index in [0.29, 0.717) is 15.7 Å². The topological polar surface area (TPSA) is 68.0 Å². The van der Waals surface area contributed by atoms with Crippen molar-refractivity contribution >= 4 is 38.3 Å². The minimum atomic E-state index is -0.137. The Morgan fingerprint density at radius 3 is 2.58 bits per heavy atom. The number of hydrogen-bond donors (Lipinski definition) is 2. The number of halogens is 1. The van der Waals surface area contributed by atoms with Crippen molar-refractivity contribution in [1.82, 2.24) is 10.3 Å². The van der Waals surface area contributed by atoms with Crippen molar-refractivity contribution in [3.8, 4) is 0 Å². The van der Waals surface area contributed by atoms with Gasteiger partial charge in [0.2, 0.25) is 0 Å². The number of anilines is 1. The van der Waals surface area contributed by atoms with E-state index in [1.807, 2.05) is 31.2 Å². The number of nitrogens with zero attached hydrogens (tertiary/aromatic N) is 1. The Labute approximate surface area is 124 Å². The Kier molecular flexibility index (Phi) is 4.21. The minimum Gasteiger partial charge on any atom is -0.375 e. The van der Waals surface area contributed by atoms with Gasteiger partial charge in [-0.2, -0.15) is 0 Å². The molecule has 19 heavy (non-hydrogen) atoms. The van der Waals surface area contributed by atoms with Crippen LogP contribution in [0.25, 0.3) is 0 Å². The first kappa shape index (κ1) is 14.0. The summed E-state index contributed by atoms with van der Waals surface area (Å²) in [6.07, 6.45) is 0.